The highest BCUT2D eigenvalue weighted by Gasteiger charge is 2.28. The zero-order chi connectivity index (χ0) is 21.2. The first-order chi connectivity index (χ1) is 13.9. The summed E-state index contributed by atoms with van der Waals surface area (Å²) in [5.41, 5.74) is 0.183. The van der Waals surface area contributed by atoms with Crippen LogP contribution in [0.2, 0.25) is 0 Å². The summed E-state index contributed by atoms with van der Waals surface area (Å²) in [5, 5.41) is 21.9. The summed E-state index contributed by atoms with van der Waals surface area (Å²) in [6.07, 6.45) is 2.24. The maximum absolute atomic E-state index is 12.2. The van der Waals surface area contributed by atoms with Crippen molar-refractivity contribution in [3.63, 3.8) is 0 Å². The molecule has 3 N–H and O–H groups in total. The zero-order valence-electron chi connectivity index (χ0n) is 16.0. The molecule has 0 aliphatic heterocycles. The summed E-state index contributed by atoms with van der Waals surface area (Å²) in [6, 6.07) is 13.4. The Morgan fingerprint density at radius 3 is 2.55 bits per heavy atom. The summed E-state index contributed by atoms with van der Waals surface area (Å²) >= 11 is 0. The lowest BCUT2D eigenvalue weighted by Gasteiger charge is -2.13. The number of ether oxygens (including phenoxy) is 1. The lowest BCUT2D eigenvalue weighted by atomic mass is 9.96. The zero-order valence-corrected chi connectivity index (χ0v) is 16.0. The van der Waals surface area contributed by atoms with E-state index in [4.69, 9.17) is 10.1 Å². The molecule has 7 heteroatoms. The number of rotatable bonds is 11. The number of hydrogen-bond donors (Lipinski definition) is 3. The van der Waals surface area contributed by atoms with Crippen LogP contribution in [0.25, 0.3) is 10.8 Å². The molecule has 1 atom stereocenters. The number of aliphatic carboxylic acids is 1. The molecule has 0 radical (unpaired) electrons. The van der Waals surface area contributed by atoms with Gasteiger partial charge >= 0.3 is 11.9 Å². The number of carboxylic acid groups (broad SMARTS) is 1. The number of carboxylic acids is 1. The van der Waals surface area contributed by atoms with Crippen LogP contribution in [0.5, 0.6) is 0 Å². The van der Waals surface area contributed by atoms with E-state index in [1.165, 1.54) is 0 Å². The van der Waals surface area contributed by atoms with E-state index in [2.05, 4.69) is 11.9 Å². The van der Waals surface area contributed by atoms with Gasteiger partial charge < -0.3 is 15.2 Å². The lowest BCUT2D eigenvalue weighted by Crippen LogP contribution is -2.31. The van der Waals surface area contributed by atoms with Crippen molar-refractivity contribution in [2.75, 3.05) is 6.54 Å². The van der Waals surface area contributed by atoms with E-state index >= 15 is 0 Å². The number of carbonyl (C=O) groups is 3. The third-order valence-corrected chi connectivity index (χ3v) is 4.45. The fourth-order valence-corrected chi connectivity index (χ4v) is 2.85. The van der Waals surface area contributed by atoms with Gasteiger partial charge in [-0.15, -0.1) is 0 Å². The van der Waals surface area contributed by atoms with Crippen molar-refractivity contribution >= 4 is 34.3 Å². The average Bonchev–Trinajstić information content (AvgIpc) is 2.73. The van der Waals surface area contributed by atoms with Gasteiger partial charge in [-0.3, -0.25) is 15.0 Å². The van der Waals surface area contributed by atoms with Gasteiger partial charge in [-0.25, -0.2) is 4.79 Å². The Balaban J connectivity index is 1.86. The summed E-state index contributed by atoms with van der Waals surface area (Å²) in [7, 11) is 0. The Labute approximate surface area is 168 Å². The first-order valence-corrected chi connectivity index (χ1v) is 9.28. The SMILES string of the molecule is C=CC(=O)NCCCCC(C(=N)C(=O)OCc1ccc2ccccc2c1)C(=O)O. The minimum absolute atomic E-state index is 0.0357. The molecule has 2 rings (SSSR count). The molecule has 0 aliphatic carbocycles. The number of esters is 1. The molecular weight excluding hydrogens is 372 g/mol. The van der Waals surface area contributed by atoms with Crippen LogP contribution in [0.1, 0.15) is 24.8 Å². The molecule has 1 amide bonds. The van der Waals surface area contributed by atoms with Crippen molar-refractivity contribution in [1.82, 2.24) is 5.32 Å². The minimum Gasteiger partial charge on any atom is -0.481 e. The highest BCUT2D eigenvalue weighted by Crippen LogP contribution is 2.17. The standard InChI is InChI=1S/C22H24N2O5/c1-2-19(25)24-12-6-5-9-18(21(26)27)20(23)22(28)29-14-15-10-11-16-7-3-4-8-17(16)13-15/h2-4,7-8,10-11,13,18,23H,1,5-6,9,12,14H2,(H,24,25)(H,26,27). The third kappa shape index (κ3) is 6.57. The van der Waals surface area contributed by atoms with E-state index in [0.717, 1.165) is 22.4 Å². The molecule has 0 fully saturated rings. The van der Waals surface area contributed by atoms with Crippen LogP contribution in [0, 0.1) is 11.3 Å². The Bertz CT molecular complexity index is 922. The molecule has 0 aliphatic rings. The fraction of sp³-hybridized carbons (Fsp3) is 0.273. The van der Waals surface area contributed by atoms with Gasteiger partial charge in [-0.1, -0.05) is 49.4 Å². The highest BCUT2D eigenvalue weighted by atomic mass is 16.5. The van der Waals surface area contributed by atoms with E-state index in [1.807, 2.05) is 42.5 Å². The first-order valence-electron chi connectivity index (χ1n) is 9.28. The topological polar surface area (TPSA) is 117 Å². The Morgan fingerprint density at radius 2 is 1.86 bits per heavy atom. The summed E-state index contributed by atoms with van der Waals surface area (Å²) in [5.74, 6) is -3.72. The molecule has 152 valence electrons. The first kappa shape index (κ1) is 21.8. The van der Waals surface area contributed by atoms with Crippen LogP contribution in [0.15, 0.2) is 55.1 Å². The van der Waals surface area contributed by atoms with Gasteiger partial charge in [0, 0.05) is 6.54 Å². The van der Waals surface area contributed by atoms with E-state index in [9.17, 15) is 19.5 Å². The molecule has 0 bridgehead atoms. The molecule has 0 saturated carbocycles. The van der Waals surface area contributed by atoms with Gasteiger partial charge in [-0.2, -0.15) is 0 Å². The molecule has 1 unspecified atom stereocenters. The number of nitrogens with one attached hydrogen (secondary N) is 2. The third-order valence-electron chi connectivity index (χ3n) is 4.45. The number of fused-ring (bicyclic) bond motifs is 1. The molecule has 0 spiro atoms. The van der Waals surface area contributed by atoms with Gasteiger partial charge in [0.05, 0.1) is 0 Å². The number of carbonyl (C=O) groups excluding carboxylic acids is 2. The van der Waals surface area contributed by atoms with Crippen molar-refractivity contribution in [3.8, 4) is 0 Å². The second kappa shape index (κ2) is 10.8. The molecule has 29 heavy (non-hydrogen) atoms. The monoisotopic (exact) mass is 396 g/mol. The maximum Gasteiger partial charge on any atom is 0.353 e. The summed E-state index contributed by atoms with van der Waals surface area (Å²) < 4.78 is 5.15. The molecule has 2 aromatic rings. The van der Waals surface area contributed by atoms with E-state index < -0.39 is 23.6 Å². The van der Waals surface area contributed by atoms with Gasteiger partial charge in [0.2, 0.25) is 5.91 Å². The number of unbranched alkanes of at least 4 members (excludes halogenated alkanes) is 1. The molecule has 0 heterocycles. The van der Waals surface area contributed by atoms with Crippen LogP contribution >= 0.6 is 0 Å². The second-order valence-corrected chi connectivity index (χ2v) is 6.55. The Morgan fingerprint density at radius 1 is 1.14 bits per heavy atom. The van der Waals surface area contributed by atoms with Crippen LogP contribution < -0.4 is 5.32 Å². The summed E-state index contributed by atoms with van der Waals surface area (Å²) in [4.78, 5) is 34.7. The maximum atomic E-state index is 12.2. The fourth-order valence-electron chi connectivity index (χ4n) is 2.85. The van der Waals surface area contributed by atoms with Gasteiger partial charge in [0.1, 0.15) is 18.2 Å². The van der Waals surface area contributed by atoms with Gasteiger partial charge in [0.25, 0.3) is 0 Å². The van der Waals surface area contributed by atoms with Crippen LogP contribution in [-0.4, -0.2) is 35.2 Å². The molecule has 2 aromatic carbocycles. The largest absolute Gasteiger partial charge is 0.481 e. The quantitative estimate of drug-likeness (QED) is 0.234. The molecule has 0 saturated heterocycles. The van der Waals surface area contributed by atoms with Crippen molar-refractivity contribution in [2.24, 2.45) is 5.92 Å². The van der Waals surface area contributed by atoms with Crippen molar-refractivity contribution < 1.29 is 24.2 Å². The van der Waals surface area contributed by atoms with E-state index in [-0.39, 0.29) is 18.9 Å². The molecular formula is C22H24N2O5. The summed E-state index contributed by atoms with van der Waals surface area (Å²) in [6.45, 7) is 3.67. The minimum atomic E-state index is -1.24. The van der Waals surface area contributed by atoms with Crippen LogP contribution in [-0.2, 0) is 25.7 Å². The van der Waals surface area contributed by atoms with Crippen molar-refractivity contribution in [2.45, 2.75) is 25.9 Å². The smallest absolute Gasteiger partial charge is 0.353 e. The Hall–Kier alpha value is -3.48. The number of benzene rings is 2. The van der Waals surface area contributed by atoms with Crippen molar-refractivity contribution in [3.05, 3.63) is 60.7 Å². The Kier molecular flexibility index (Phi) is 8.09. The number of amides is 1. The lowest BCUT2D eigenvalue weighted by molar-refractivity contribution is -0.143. The normalized spacial score (nSPS) is 11.4. The average molecular weight is 396 g/mol. The highest BCUT2D eigenvalue weighted by molar-refractivity contribution is 6.39. The molecule has 7 nitrogen and oxygen atoms in total. The predicted octanol–water partition coefficient (Wildman–Crippen LogP) is 3.08. The van der Waals surface area contributed by atoms with Crippen molar-refractivity contribution in [1.29, 1.82) is 5.41 Å². The van der Waals surface area contributed by atoms with E-state index in [0.29, 0.717) is 19.4 Å². The molecule has 0 aromatic heterocycles. The van der Waals surface area contributed by atoms with Crippen LogP contribution in [0.4, 0.5) is 0 Å². The second-order valence-electron chi connectivity index (χ2n) is 6.55. The number of hydrogen-bond acceptors (Lipinski definition) is 5. The van der Waals surface area contributed by atoms with Gasteiger partial charge in [-0.05, 0) is 41.3 Å². The van der Waals surface area contributed by atoms with Crippen LogP contribution in [0.3, 0.4) is 0 Å². The predicted molar refractivity (Wildman–Crippen MR) is 110 cm³/mol. The van der Waals surface area contributed by atoms with Gasteiger partial charge in [0.15, 0.2) is 0 Å². The van der Waals surface area contributed by atoms with E-state index in [1.54, 1.807) is 0 Å².